The van der Waals surface area contributed by atoms with Gasteiger partial charge in [-0.25, -0.2) is 9.97 Å². The topological polar surface area (TPSA) is 25.8 Å². The van der Waals surface area contributed by atoms with Gasteiger partial charge in [0.1, 0.15) is 0 Å². The van der Waals surface area contributed by atoms with Crippen LogP contribution < -0.4 is 0 Å². The first-order chi connectivity index (χ1) is 26.7. The van der Waals surface area contributed by atoms with E-state index in [1.165, 1.54) is 33.4 Å². The fraction of sp³-hybridized carbons (Fsp3) is 0. The minimum atomic E-state index is 0.681. The van der Waals surface area contributed by atoms with Gasteiger partial charge in [-0.15, -0.1) is 0 Å². The van der Waals surface area contributed by atoms with Gasteiger partial charge < -0.3 is 0 Å². The van der Waals surface area contributed by atoms with Crippen LogP contribution in [0.2, 0.25) is 0 Å². The first-order valence-corrected chi connectivity index (χ1v) is 18.3. The molecule has 0 aliphatic heterocycles. The van der Waals surface area contributed by atoms with Gasteiger partial charge in [-0.2, -0.15) is 0 Å². The Morgan fingerprint density at radius 3 is 0.907 bits per heavy atom. The lowest BCUT2D eigenvalue weighted by Gasteiger charge is -2.14. The summed E-state index contributed by atoms with van der Waals surface area (Å²) in [6.45, 7) is 0. The van der Waals surface area contributed by atoms with E-state index in [-0.39, 0.29) is 0 Å². The maximum absolute atomic E-state index is 5.29. The molecule has 9 aromatic rings. The van der Waals surface area contributed by atoms with Crippen molar-refractivity contribution in [3.63, 3.8) is 0 Å². The van der Waals surface area contributed by atoms with Gasteiger partial charge in [-0.05, 0) is 92.0 Å². The molecule has 0 aliphatic carbocycles. The highest BCUT2D eigenvalue weighted by molar-refractivity contribution is 5.84. The number of rotatable bonds is 8. The van der Waals surface area contributed by atoms with Crippen LogP contribution >= 0.6 is 0 Å². The molecule has 0 spiro atoms. The molecule has 9 rings (SSSR count). The van der Waals surface area contributed by atoms with Crippen LogP contribution in [-0.4, -0.2) is 9.97 Å². The number of hydrogen-bond acceptors (Lipinski definition) is 2. The second-order valence-electron chi connectivity index (χ2n) is 13.5. The van der Waals surface area contributed by atoms with Crippen molar-refractivity contribution in [3.8, 4) is 89.5 Å². The SMILES string of the molecule is c1ccc(-c2ccc(-c3cc(-c4ccccc4)nc(-c4cc(-c5cccc(-c6ccccc6)c5)cc(-c5cccc(-c6ccccc6)c5)c4)n3)cc2)cc1. The van der Waals surface area contributed by atoms with E-state index < -0.39 is 0 Å². The van der Waals surface area contributed by atoms with Crippen LogP contribution in [0.1, 0.15) is 0 Å². The summed E-state index contributed by atoms with van der Waals surface area (Å²) in [7, 11) is 0. The van der Waals surface area contributed by atoms with Crippen LogP contribution in [0.3, 0.4) is 0 Å². The van der Waals surface area contributed by atoms with Gasteiger partial charge in [0, 0.05) is 16.7 Å². The molecule has 0 saturated heterocycles. The summed E-state index contributed by atoms with van der Waals surface area (Å²) in [5.41, 5.74) is 16.4. The van der Waals surface area contributed by atoms with Gasteiger partial charge in [0.15, 0.2) is 5.82 Å². The molecule has 2 heteroatoms. The molecule has 0 saturated carbocycles. The van der Waals surface area contributed by atoms with Gasteiger partial charge in [0.25, 0.3) is 0 Å². The van der Waals surface area contributed by atoms with Crippen LogP contribution in [0.5, 0.6) is 0 Å². The molecule has 0 unspecified atom stereocenters. The van der Waals surface area contributed by atoms with Gasteiger partial charge in [-0.1, -0.05) is 182 Å². The van der Waals surface area contributed by atoms with Crippen molar-refractivity contribution in [3.05, 3.63) is 218 Å². The molecule has 254 valence electrons. The summed E-state index contributed by atoms with van der Waals surface area (Å²) >= 11 is 0. The smallest absolute Gasteiger partial charge is 0.160 e. The Kier molecular flexibility index (Phi) is 8.99. The molecule has 54 heavy (non-hydrogen) atoms. The summed E-state index contributed by atoms with van der Waals surface area (Å²) in [6.07, 6.45) is 0. The van der Waals surface area contributed by atoms with Gasteiger partial charge in [-0.3, -0.25) is 0 Å². The molecule has 2 nitrogen and oxygen atoms in total. The first kappa shape index (κ1) is 32.7. The van der Waals surface area contributed by atoms with Crippen LogP contribution in [0, 0.1) is 0 Å². The van der Waals surface area contributed by atoms with E-state index >= 15 is 0 Å². The van der Waals surface area contributed by atoms with E-state index in [0.29, 0.717) is 5.82 Å². The van der Waals surface area contributed by atoms with Crippen molar-refractivity contribution in [2.45, 2.75) is 0 Å². The third-order valence-electron chi connectivity index (χ3n) is 9.88. The molecule has 0 amide bonds. The fourth-order valence-electron chi connectivity index (χ4n) is 7.05. The molecular weight excluding hydrogens is 653 g/mol. The van der Waals surface area contributed by atoms with Crippen LogP contribution in [0.4, 0.5) is 0 Å². The van der Waals surface area contributed by atoms with Gasteiger partial charge >= 0.3 is 0 Å². The lowest BCUT2D eigenvalue weighted by molar-refractivity contribution is 1.18. The van der Waals surface area contributed by atoms with E-state index in [9.17, 15) is 0 Å². The Labute approximate surface area is 316 Å². The van der Waals surface area contributed by atoms with Crippen molar-refractivity contribution in [2.75, 3.05) is 0 Å². The van der Waals surface area contributed by atoms with Gasteiger partial charge in [0.05, 0.1) is 11.4 Å². The Bertz CT molecular complexity index is 2570. The zero-order valence-electron chi connectivity index (χ0n) is 29.7. The average molecular weight is 689 g/mol. The summed E-state index contributed by atoms with van der Waals surface area (Å²) in [5, 5.41) is 0. The van der Waals surface area contributed by atoms with Crippen LogP contribution in [0.15, 0.2) is 218 Å². The highest BCUT2D eigenvalue weighted by atomic mass is 14.9. The maximum atomic E-state index is 5.29. The average Bonchev–Trinajstić information content (AvgIpc) is 3.27. The molecule has 1 aromatic heterocycles. The Balaban J connectivity index is 1.22. The summed E-state index contributed by atoms with van der Waals surface area (Å²) < 4.78 is 0. The lowest BCUT2D eigenvalue weighted by atomic mass is 9.92. The molecule has 0 atom stereocenters. The molecule has 1 heterocycles. The third-order valence-corrected chi connectivity index (χ3v) is 9.88. The predicted octanol–water partition coefficient (Wildman–Crippen LogP) is 13.8. The number of nitrogens with zero attached hydrogens (tertiary/aromatic N) is 2. The largest absolute Gasteiger partial charge is 0.228 e. The molecule has 0 N–H and O–H groups in total. The number of benzene rings is 8. The second-order valence-corrected chi connectivity index (χ2v) is 13.5. The van der Waals surface area contributed by atoms with Gasteiger partial charge in [0.2, 0.25) is 0 Å². The highest BCUT2D eigenvalue weighted by Crippen LogP contribution is 2.37. The van der Waals surface area contributed by atoms with E-state index in [1.807, 2.05) is 12.1 Å². The van der Waals surface area contributed by atoms with E-state index in [2.05, 4.69) is 206 Å². The van der Waals surface area contributed by atoms with Crippen molar-refractivity contribution in [2.24, 2.45) is 0 Å². The molecule has 0 bridgehead atoms. The first-order valence-electron chi connectivity index (χ1n) is 18.3. The van der Waals surface area contributed by atoms with E-state index in [4.69, 9.17) is 9.97 Å². The minimum Gasteiger partial charge on any atom is -0.228 e. The zero-order valence-corrected chi connectivity index (χ0v) is 29.7. The number of hydrogen-bond donors (Lipinski definition) is 0. The molecule has 8 aromatic carbocycles. The van der Waals surface area contributed by atoms with Crippen molar-refractivity contribution in [1.29, 1.82) is 0 Å². The van der Waals surface area contributed by atoms with Crippen molar-refractivity contribution in [1.82, 2.24) is 9.97 Å². The third kappa shape index (κ3) is 7.01. The maximum Gasteiger partial charge on any atom is 0.160 e. The second kappa shape index (κ2) is 14.8. The van der Waals surface area contributed by atoms with Crippen molar-refractivity contribution >= 4 is 0 Å². The van der Waals surface area contributed by atoms with Crippen molar-refractivity contribution < 1.29 is 0 Å². The normalized spacial score (nSPS) is 11.0. The molecule has 0 radical (unpaired) electrons. The molecule has 0 aliphatic rings. The molecule has 0 fully saturated rings. The monoisotopic (exact) mass is 688 g/mol. The van der Waals surface area contributed by atoms with Crippen LogP contribution in [0.25, 0.3) is 89.5 Å². The Morgan fingerprint density at radius 1 is 0.185 bits per heavy atom. The standard InChI is InChI=1S/C52H36N2/c1-5-15-37(16-6-1)40-27-29-42(30-28-40)51-36-50(41-21-11-4-12-22-41)53-52(54-51)49-34-47(45-25-13-23-43(31-45)38-17-7-2-8-18-38)33-48(35-49)46-26-14-24-44(32-46)39-19-9-3-10-20-39/h1-36H. The molecular formula is C52H36N2. The predicted molar refractivity (Wildman–Crippen MR) is 226 cm³/mol. The summed E-state index contributed by atoms with van der Waals surface area (Å²) in [4.78, 5) is 10.5. The van der Waals surface area contributed by atoms with Crippen LogP contribution in [-0.2, 0) is 0 Å². The highest BCUT2D eigenvalue weighted by Gasteiger charge is 2.15. The fourth-order valence-corrected chi connectivity index (χ4v) is 7.05. The van der Waals surface area contributed by atoms with E-state index in [1.54, 1.807) is 0 Å². The quantitative estimate of drug-likeness (QED) is 0.159. The minimum absolute atomic E-state index is 0.681. The Hall–Kier alpha value is -7.16. The number of aromatic nitrogens is 2. The lowest BCUT2D eigenvalue weighted by Crippen LogP contribution is -1.97. The summed E-state index contributed by atoms with van der Waals surface area (Å²) in [5.74, 6) is 0.681. The summed E-state index contributed by atoms with van der Waals surface area (Å²) in [6, 6.07) is 77.1. The Morgan fingerprint density at radius 2 is 0.463 bits per heavy atom. The zero-order chi connectivity index (χ0) is 36.1. The van der Waals surface area contributed by atoms with E-state index in [0.717, 1.165) is 50.3 Å².